The number of anilines is 2. The molecule has 3 aromatic carbocycles. The Bertz CT molecular complexity index is 1280. The second-order valence-electron chi connectivity index (χ2n) is 9.37. The number of benzene rings is 3. The summed E-state index contributed by atoms with van der Waals surface area (Å²) in [4.78, 5) is 17.7. The van der Waals surface area contributed by atoms with Crippen molar-refractivity contribution in [2.45, 2.75) is 25.2 Å². The van der Waals surface area contributed by atoms with Gasteiger partial charge in [-0.05, 0) is 60.5 Å². The van der Waals surface area contributed by atoms with Gasteiger partial charge in [-0.1, -0.05) is 18.2 Å². The van der Waals surface area contributed by atoms with E-state index in [9.17, 15) is 22.4 Å². The molecule has 2 atom stereocenters. The van der Waals surface area contributed by atoms with Gasteiger partial charge in [-0.2, -0.15) is 13.2 Å². The van der Waals surface area contributed by atoms with E-state index in [-0.39, 0.29) is 24.9 Å². The summed E-state index contributed by atoms with van der Waals surface area (Å²) in [5, 5.41) is 2.83. The van der Waals surface area contributed by atoms with Crippen LogP contribution in [0.4, 0.5) is 28.9 Å². The summed E-state index contributed by atoms with van der Waals surface area (Å²) >= 11 is 0. The fourth-order valence-electron chi connectivity index (χ4n) is 5.28. The molecular formula is C28H27F4N3O2. The first kappa shape index (κ1) is 24.9. The third kappa shape index (κ3) is 5.08. The van der Waals surface area contributed by atoms with Crippen LogP contribution >= 0.6 is 0 Å². The Balaban J connectivity index is 1.44. The first-order valence-electron chi connectivity index (χ1n) is 12.1. The topological polar surface area (TPSA) is 44.8 Å². The number of carbonyl (C=O) groups excluding carboxylic acids is 1. The molecule has 2 aliphatic heterocycles. The van der Waals surface area contributed by atoms with E-state index < -0.39 is 23.5 Å². The summed E-state index contributed by atoms with van der Waals surface area (Å²) in [7, 11) is 1.60. The van der Waals surface area contributed by atoms with Crippen LogP contribution < -0.4 is 19.9 Å². The van der Waals surface area contributed by atoms with E-state index in [4.69, 9.17) is 4.74 Å². The molecule has 1 amide bonds. The molecule has 2 heterocycles. The molecule has 9 heteroatoms. The number of alkyl halides is 3. The minimum atomic E-state index is -4.47. The van der Waals surface area contributed by atoms with E-state index >= 15 is 0 Å². The molecule has 5 rings (SSSR count). The van der Waals surface area contributed by atoms with E-state index in [1.807, 2.05) is 29.2 Å². The van der Waals surface area contributed by atoms with E-state index in [1.165, 1.54) is 12.1 Å². The maximum absolute atomic E-state index is 14.1. The van der Waals surface area contributed by atoms with Gasteiger partial charge in [0.05, 0.1) is 24.6 Å². The smallest absolute Gasteiger partial charge is 0.416 e. The Morgan fingerprint density at radius 3 is 2.51 bits per heavy atom. The molecule has 1 saturated heterocycles. The minimum absolute atomic E-state index is 0.00632. The largest absolute Gasteiger partial charge is 0.497 e. The Morgan fingerprint density at radius 1 is 1.05 bits per heavy atom. The molecule has 0 spiro atoms. The maximum atomic E-state index is 14.1. The van der Waals surface area contributed by atoms with Crippen LogP contribution in [0.5, 0.6) is 5.75 Å². The van der Waals surface area contributed by atoms with Gasteiger partial charge < -0.3 is 19.9 Å². The van der Waals surface area contributed by atoms with Crippen molar-refractivity contribution in [3.8, 4) is 5.75 Å². The second-order valence-corrected chi connectivity index (χ2v) is 9.37. The number of hydrogen-bond donors (Lipinski definition) is 1. The highest BCUT2D eigenvalue weighted by atomic mass is 19.4. The first-order valence-corrected chi connectivity index (χ1v) is 12.1. The van der Waals surface area contributed by atoms with Gasteiger partial charge in [-0.3, -0.25) is 4.79 Å². The third-order valence-corrected chi connectivity index (χ3v) is 7.22. The van der Waals surface area contributed by atoms with Crippen molar-refractivity contribution in [3.05, 3.63) is 89.2 Å². The van der Waals surface area contributed by atoms with Crippen LogP contribution in [0.25, 0.3) is 0 Å². The Hall–Kier alpha value is -3.75. The molecule has 0 saturated carbocycles. The van der Waals surface area contributed by atoms with Crippen molar-refractivity contribution < 1.29 is 27.1 Å². The van der Waals surface area contributed by atoms with Crippen LogP contribution in [-0.2, 0) is 23.9 Å². The van der Waals surface area contributed by atoms with Gasteiger partial charge in [0.15, 0.2) is 0 Å². The predicted molar refractivity (Wildman–Crippen MR) is 133 cm³/mol. The number of fused-ring (bicyclic) bond motifs is 3. The fourth-order valence-corrected chi connectivity index (χ4v) is 5.28. The maximum Gasteiger partial charge on any atom is 0.416 e. The van der Waals surface area contributed by atoms with Gasteiger partial charge in [0.25, 0.3) is 0 Å². The number of ether oxygens (including phenoxy) is 1. The highest BCUT2D eigenvalue weighted by molar-refractivity contribution is 5.82. The molecule has 2 aliphatic rings. The van der Waals surface area contributed by atoms with Crippen LogP contribution in [0.2, 0.25) is 0 Å². The molecule has 0 unspecified atom stereocenters. The lowest BCUT2D eigenvalue weighted by Crippen LogP contribution is -2.61. The van der Waals surface area contributed by atoms with Crippen molar-refractivity contribution in [2.75, 3.05) is 36.5 Å². The molecule has 0 bridgehead atoms. The van der Waals surface area contributed by atoms with Crippen LogP contribution in [-0.4, -0.2) is 38.7 Å². The highest BCUT2D eigenvalue weighted by Gasteiger charge is 2.42. The zero-order valence-corrected chi connectivity index (χ0v) is 20.3. The summed E-state index contributed by atoms with van der Waals surface area (Å²) in [6, 6.07) is 17.3. The van der Waals surface area contributed by atoms with Gasteiger partial charge in [0.1, 0.15) is 11.6 Å². The van der Waals surface area contributed by atoms with E-state index in [1.54, 1.807) is 25.3 Å². The molecule has 0 radical (unpaired) electrons. The standard InChI is InChI=1S/C28H27F4N3O2/c1-37-22-9-7-21(8-10-22)34-12-13-35-25-11-6-20(28(30,31)32)14-19(25)15-23(26(35)17-34)27(36)33-16-18-4-2-3-5-24(18)29/h2-11,14,23,26H,12-13,15-17H2,1H3,(H,33,36)/t23-,26+/m1/s1. The zero-order valence-electron chi connectivity index (χ0n) is 20.3. The summed E-state index contributed by atoms with van der Waals surface area (Å²) < 4.78 is 59.7. The lowest BCUT2D eigenvalue weighted by Gasteiger charge is -2.49. The molecule has 1 N–H and O–H groups in total. The molecule has 5 nitrogen and oxygen atoms in total. The normalized spacial score (nSPS) is 19.2. The number of halogens is 4. The van der Waals surface area contributed by atoms with Gasteiger partial charge in [0.2, 0.25) is 5.91 Å². The predicted octanol–water partition coefficient (Wildman–Crippen LogP) is 5.04. The number of methoxy groups -OCH3 is 1. The number of nitrogens with one attached hydrogen (secondary N) is 1. The van der Waals surface area contributed by atoms with Gasteiger partial charge in [0, 0.05) is 43.1 Å². The Labute approximate surface area is 212 Å². The number of nitrogens with zero attached hydrogens (tertiary/aromatic N) is 2. The van der Waals surface area contributed by atoms with Crippen molar-refractivity contribution in [2.24, 2.45) is 5.92 Å². The average Bonchev–Trinajstić information content (AvgIpc) is 2.91. The Morgan fingerprint density at radius 2 is 1.81 bits per heavy atom. The van der Waals surface area contributed by atoms with Crippen molar-refractivity contribution in [1.82, 2.24) is 5.32 Å². The van der Waals surface area contributed by atoms with Crippen LogP contribution in [0.15, 0.2) is 66.7 Å². The quantitative estimate of drug-likeness (QED) is 0.486. The first-order chi connectivity index (χ1) is 17.7. The molecule has 0 aliphatic carbocycles. The number of carbonyl (C=O) groups is 1. The lowest BCUT2D eigenvalue weighted by atomic mass is 9.82. The monoisotopic (exact) mass is 513 g/mol. The number of piperazine rings is 1. The van der Waals surface area contributed by atoms with E-state index in [0.717, 1.165) is 29.3 Å². The Kier molecular flexibility index (Phi) is 6.70. The molecular weight excluding hydrogens is 486 g/mol. The summed E-state index contributed by atoms with van der Waals surface area (Å²) in [6.45, 7) is 1.72. The van der Waals surface area contributed by atoms with Crippen molar-refractivity contribution >= 4 is 17.3 Å². The molecule has 3 aromatic rings. The SMILES string of the molecule is COc1ccc(N2CCN3c4ccc(C(F)(F)F)cc4C[C@@H](C(=O)NCc4ccccc4F)[C@@H]3C2)cc1. The van der Waals surface area contributed by atoms with Crippen molar-refractivity contribution in [1.29, 1.82) is 0 Å². The average molecular weight is 514 g/mol. The van der Waals surface area contributed by atoms with Gasteiger partial charge >= 0.3 is 6.18 Å². The molecule has 0 aromatic heterocycles. The number of hydrogen-bond acceptors (Lipinski definition) is 4. The molecule has 194 valence electrons. The summed E-state index contributed by atoms with van der Waals surface area (Å²) in [6.07, 6.45) is -4.30. The van der Waals surface area contributed by atoms with Crippen molar-refractivity contribution in [3.63, 3.8) is 0 Å². The van der Waals surface area contributed by atoms with Gasteiger partial charge in [-0.15, -0.1) is 0 Å². The van der Waals surface area contributed by atoms with Gasteiger partial charge in [-0.25, -0.2) is 4.39 Å². The zero-order chi connectivity index (χ0) is 26.2. The summed E-state index contributed by atoms with van der Waals surface area (Å²) in [5.74, 6) is -0.599. The van der Waals surface area contributed by atoms with E-state index in [2.05, 4.69) is 10.2 Å². The van der Waals surface area contributed by atoms with Crippen LogP contribution in [0.1, 0.15) is 16.7 Å². The van der Waals surface area contributed by atoms with Crippen LogP contribution in [0.3, 0.4) is 0 Å². The number of rotatable bonds is 5. The number of amides is 1. The molecule has 1 fully saturated rings. The van der Waals surface area contributed by atoms with Crippen LogP contribution in [0, 0.1) is 11.7 Å². The highest BCUT2D eigenvalue weighted by Crippen LogP contribution is 2.40. The third-order valence-electron chi connectivity index (χ3n) is 7.22. The minimum Gasteiger partial charge on any atom is -0.497 e. The van der Waals surface area contributed by atoms with E-state index in [0.29, 0.717) is 30.8 Å². The second kappa shape index (κ2) is 9.95. The fraction of sp³-hybridized carbons (Fsp3) is 0.321. The molecule has 37 heavy (non-hydrogen) atoms. The summed E-state index contributed by atoms with van der Waals surface area (Å²) in [5.41, 5.74) is 1.82. The lowest BCUT2D eigenvalue weighted by molar-refractivity contribution is -0.137.